The summed E-state index contributed by atoms with van der Waals surface area (Å²) in [5.41, 5.74) is 1.68. The number of aromatic nitrogens is 2. The second kappa shape index (κ2) is 6.05. The lowest BCUT2D eigenvalue weighted by Gasteiger charge is -2.35. The average molecular weight is 286 g/mol. The first-order valence-electron chi connectivity index (χ1n) is 7.15. The number of nitrogens with zero attached hydrogens (tertiary/aromatic N) is 3. The van der Waals surface area contributed by atoms with Crippen molar-refractivity contribution in [2.24, 2.45) is 0 Å². The van der Waals surface area contributed by atoms with Gasteiger partial charge in [-0.15, -0.1) is 0 Å². The molecule has 0 aliphatic carbocycles. The third kappa shape index (κ3) is 2.80. The van der Waals surface area contributed by atoms with E-state index < -0.39 is 0 Å². The zero-order valence-electron chi connectivity index (χ0n) is 12.0. The predicted octanol–water partition coefficient (Wildman–Crippen LogP) is 0.971. The van der Waals surface area contributed by atoms with Gasteiger partial charge in [0.15, 0.2) is 0 Å². The molecule has 1 aliphatic rings. The van der Waals surface area contributed by atoms with Crippen molar-refractivity contribution in [1.29, 1.82) is 0 Å². The smallest absolute Gasteiger partial charge is 0.330 e. The monoisotopic (exact) mass is 286 g/mol. The Hall–Kier alpha value is -2.21. The number of anilines is 1. The predicted molar refractivity (Wildman–Crippen MR) is 80.2 cm³/mol. The van der Waals surface area contributed by atoms with Crippen LogP contribution in [0.4, 0.5) is 5.82 Å². The van der Waals surface area contributed by atoms with E-state index in [4.69, 9.17) is 4.74 Å². The lowest BCUT2D eigenvalue weighted by atomic mass is 10.2. The largest absolute Gasteiger partial charge is 0.464 e. The molecule has 3 rings (SSSR count). The van der Waals surface area contributed by atoms with Crippen molar-refractivity contribution in [2.45, 2.75) is 13.0 Å². The SMILES string of the molecule is CCOC(=O)C1CNCCN1c1cnc2ccccc2n1. The molecule has 0 bridgehead atoms. The molecule has 0 saturated carbocycles. The summed E-state index contributed by atoms with van der Waals surface area (Å²) in [5.74, 6) is 0.493. The molecule has 1 aromatic heterocycles. The molecule has 0 amide bonds. The summed E-state index contributed by atoms with van der Waals surface area (Å²) in [5, 5.41) is 3.22. The third-order valence-electron chi connectivity index (χ3n) is 3.53. The summed E-state index contributed by atoms with van der Waals surface area (Å²) in [7, 11) is 0. The van der Waals surface area contributed by atoms with Crippen LogP contribution in [0.2, 0.25) is 0 Å². The molecule has 1 unspecified atom stereocenters. The highest BCUT2D eigenvalue weighted by Crippen LogP contribution is 2.19. The Morgan fingerprint density at radius 1 is 1.43 bits per heavy atom. The summed E-state index contributed by atoms with van der Waals surface area (Å²) >= 11 is 0. The highest BCUT2D eigenvalue weighted by molar-refractivity contribution is 5.81. The number of carbonyl (C=O) groups excluding carboxylic acids is 1. The molecule has 110 valence electrons. The number of carbonyl (C=O) groups is 1. The minimum Gasteiger partial charge on any atom is -0.464 e. The lowest BCUT2D eigenvalue weighted by molar-refractivity contribution is -0.144. The first kappa shape index (κ1) is 13.8. The van der Waals surface area contributed by atoms with Crippen LogP contribution in [0.5, 0.6) is 0 Å². The number of esters is 1. The third-order valence-corrected chi connectivity index (χ3v) is 3.53. The number of rotatable bonds is 3. The first-order valence-corrected chi connectivity index (χ1v) is 7.15. The standard InChI is InChI=1S/C15H18N4O2/c1-2-21-15(20)13-9-16-7-8-19(13)14-10-17-11-5-3-4-6-12(11)18-14/h3-6,10,13,16H,2,7-9H2,1H3. The van der Waals surface area contributed by atoms with Crippen LogP contribution in [-0.2, 0) is 9.53 Å². The van der Waals surface area contributed by atoms with Gasteiger partial charge in [0.05, 0.1) is 23.8 Å². The van der Waals surface area contributed by atoms with Crippen LogP contribution in [0.25, 0.3) is 11.0 Å². The zero-order chi connectivity index (χ0) is 14.7. The Labute approximate surface area is 123 Å². The van der Waals surface area contributed by atoms with E-state index in [1.54, 1.807) is 6.20 Å². The van der Waals surface area contributed by atoms with E-state index in [0.29, 0.717) is 25.5 Å². The zero-order valence-corrected chi connectivity index (χ0v) is 12.0. The molecule has 1 saturated heterocycles. The maximum absolute atomic E-state index is 12.1. The number of piperazine rings is 1. The molecular weight excluding hydrogens is 268 g/mol. The molecule has 6 nitrogen and oxygen atoms in total. The van der Waals surface area contributed by atoms with E-state index in [9.17, 15) is 4.79 Å². The van der Waals surface area contributed by atoms with Gasteiger partial charge in [0.1, 0.15) is 11.9 Å². The van der Waals surface area contributed by atoms with Crippen LogP contribution in [0.3, 0.4) is 0 Å². The van der Waals surface area contributed by atoms with Crippen LogP contribution >= 0.6 is 0 Å². The highest BCUT2D eigenvalue weighted by atomic mass is 16.5. The van der Waals surface area contributed by atoms with E-state index >= 15 is 0 Å². The second-order valence-corrected chi connectivity index (χ2v) is 4.88. The van der Waals surface area contributed by atoms with Gasteiger partial charge in [-0.2, -0.15) is 0 Å². The Balaban J connectivity index is 1.92. The van der Waals surface area contributed by atoms with E-state index in [0.717, 1.165) is 17.6 Å². The molecule has 1 aliphatic heterocycles. The van der Waals surface area contributed by atoms with E-state index in [1.165, 1.54) is 0 Å². The molecule has 0 spiro atoms. The molecule has 1 atom stereocenters. The number of fused-ring (bicyclic) bond motifs is 1. The van der Waals surface area contributed by atoms with Gasteiger partial charge in [0.25, 0.3) is 0 Å². The molecule has 1 fully saturated rings. The average Bonchev–Trinajstić information content (AvgIpc) is 2.54. The highest BCUT2D eigenvalue weighted by Gasteiger charge is 2.30. The molecular formula is C15H18N4O2. The van der Waals surface area contributed by atoms with Crippen LogP contribution in [0.15, 0.2) is 30.5 Å². The summed E-state index contributed by atoms with van der Waals surface area (Å²) in [6.45, 7) is 4.27. The Bertz CT molecular complexity index is 646. The molecule has 2 aromatic rings. The van der Waals surface area contributed by atoms with Gasteiger partial charge in [0.2, 0.25) is 0 Å². The summed E-state index contributed by atoms with van der Waals surface area (Å²) in [4.78, 5) is 23.1. The summed E-state index contributed by atoms with van der Waals surface area (Å²) in [6.07, 6.45) is 1.72. The fourth-order valence-electron chi connectivity index (χ4n) is 2.51. The lowest BCUT2D eigenvalue weighted by Crippen LogP contribution is -2.56. The number of nitrogens with one attached hydrogen (secondary N) is 1. The van der Waals surface area contributed by atoms with E-state index in [2.05, 4.69) is 15.3 Å². The fraction of sp³-hybridized carbons (Fsp3) is 0.400. The maximum atomic E-state index is 12.1. The quantitative estimate of drug-likeness (QED) is 0.848. The molecule has 1 N–H and O–H groups in total. The van der Waals surface area contributed by atoms with Crippen molar-refractivity contribution in [2.75, 3.05) is 31.1 Å². The number of benzene rings is 1. The Morgan fingerprint density at radius 3 is 3.05 bits per heavy atom. The van der Waals surface area contributed by atoms with Gasteiger partial charge < -0.3 is 15.0 Å². The van der Waals surface area contributed by atoms with Crippen LogP contribution in [0, 0.1) is 0 Å². The van der Waals surface area contributed by atoms with Crippen molar-refractivity contribution in [3.63, 3.8) is 0 Å². The van der Waals surface area contributed by atoms with Crippen LogP contribution in [0.1, 0.15) is 6.92 Å². The minimum absolute atomic E-state index is 0.223. The van der Waals surface area contributed by atoms with Crippen molar-refractivity contribution in [3.8, 4) is 0 Å². The van der Waals surface area contributed by atoms with Gasteiger partial charge in [-0.05, 0) is 19.1 Å². The van der Waals surface area contributed by atoms with Crippen molar-refractivity contribution in [1.82, 2.24) is 15.3 Å². The maximum Gasteiger partial charge on any atom is 0.330 e. The Kier molecular flexibility index (Phi) is 3.96. The number of hydrogen-bond donors (Lipinski definition) is 1. The molecule has 21 heavy (non-hydrogen) atoms. The number of ether oxygens (including phenoxy) is 1. The molecule has 6 heteroatoms. The molecule has 2 heterocycles. The number of hydrogen-bond acceptors (Lipinski definition) is 6. The number of para-hydroxylation sites is 2. The summed E-state index contributed by atoms with van der Waals surface area (Å²) < 4.78 is 5.15. The van der Waals surface area contributed by atoms with Gasteiger partial charge in [0, 0.05) is 19.6 Å². The normalized spacial score (nSPS) is 18.7. The first-order chi connectivity index (χ1) is 10.3. The minimum atomic E-state index is -0.353. The van der Waals surface area contributed by atoms with Crippen LogP contribution in [-0.4, -0.2) is 48.2 Å². The topological polar surface area (TPSA) is 67.3 Å². The van der Waals surface area contributed by atoms with E-state index in [-0.39, 0.29) is 12.0 Å². The van der Waals surface area contributed by atoms with Crippen molar-refractivity contribution >= 4 is 22.8 Å². The molecule has 1 aromatic carbocycles. The van der Waals surface area contributed by atoms with Crippen molar-refractivity contribution < 1.29 is 9.53 Å². The van der Waals surface area contributed by atoms with Crippen molar-refractivity contribution in [3.05, 3.63) is 30.5 Å². The van der Waals surface area contributed by atoms with Gasteiger partial charge in [-0.3, -0.25) is 4.98 Å². The fourth-order valence-corrected chi connectivity index (χ4v) is 2.51. The van der Waals surface area contributed by atoms with Gasteiger partial charge >= 0.3 is 5.97 Å². The molecule has 0 radical (unpaired) electrons. The summed E-state index contributed by atoms with van der Waals surface area (Å²) in [6, 6.07) is 7.36. The van der Waals surface area contributed by atoms with Gasteiger partial charge in [-0.1, -0.05) is 12.1 Å². The second-order valence-electron chi connectivity index (χ2n) is 4.88. The van der Waals surface area contributed by atoms with Crippen LogP contribution < -0.4 is 10.2 Å². The Morgan fingerprint density at radius 2 is 2.24 bits per heavy atom. The van der Waals surface area contributed by atoms with E-state index in [1.807, 2.05) is 36.1 Å². The van der Waals surface area contributed by atoms with Gasteiger partial charge in [-0.25, -0.2) is 9.78 Å².